The number of anilines is 1. The van der Waals surface area contributed by atoms with Crippen molar-refractivity contribution in [2.45, 2.75) is 19.8 Å². The van der Waals surface area contributed by atoms with Gasteiger partial charge in [-0.3, -0.25) is 19.2 Å². The zero-order valence-corrected chi connectivity index (χ0v) is 14.4. The van der Waals surface area contributed by atoms with Crippen molar-refractivity contribution in [2.75, 3.05) is 11.9 Å². The predicted octanol–water partition coefficient (Wildman–Crippen LogP) is 3.03. The molecule has 26 heavy (non-hydrogen) atoms. The van der Waals surface area contributed by atoms with Crippen LogP contribution in [0.3, 0.4) is 0 Å². The lowest BCUT2D eigenvalue weighted by atomic mass is 10.1. The zero-order valence-electron chi connectivity index (χ0n) is 14.4. The Balaban J connectivity index is 1.75. The van der Waals surface area contributed by atoms with Crippen LogP contribution >= 0.6 is 0 Å². The third-order valence-electron chi connectivity index (χ3n) is 3.57. The average molecular weight is 353 g/mol. The van der Waals surface area contributed by atoms with E-state index >= 15 is 0 Å². The van der Waals surface area contributed by atoms with Crippen molar-refractivity contribution in [2.24, 2.45) is 0 Å². The van der Waals surface area contributed by atoms with Gasteiger partial charge >= 0.3 is 5.97 Å². The minimum Gasteiger partial charge on any atom is -0.456 e. The normalized spacial score (nSPS) is 10.0. The second-order valence-corrected chi connectivity index (χ2v) is 5.64. The standard InChI is InChI=1S/C20H19NO5/c1-14(22)16-8-5-9-17(12-16)21-19(24)13-26-20(25)11-10-18(23)15-6-3-2-4-7-15/h2-9,12H,10-11,13H2,1H3,(H,21,24). The largest absolute Gasteiger partial charge is 0.456 e. The molecule has 0 aromatic heterocycles. The number of Topliss-reactive ketones (excluding diaryl/α,β-unsaturated/α-hetero) is 2. The van der Waals surface area contributed by atoms with E-state index in [0.29, 0.717) is 16.8 Å². The van der Waals surface area contributed by atoms with Crippen LogP contribution in [-0.2, 0) is 14.3 Å². The summed E-state index contributed by atoms with van der Waals surface area (Å²) in [6, 6.07) is 15.1. The molecule has 6 nitrogen and oxygen atoms in total. The minimum absolute atomic E-state index is 0.0190. The maximum absolute atomic E-state index is 11.9. The van der Waals surface area contributed by atoms with Crippen LogP contribution in [0.5, 0.6) is 0 Å². The van der Waals surface area contributed by atoms with E-state index < -0.39 is 18.5 Å². The molecule has 0 aliphatic carbocycles. The number of esters is 1. The van der Waals surface area contributed by atoms with Crippen molar-refractivity contribution in [1.29, 1.82) is 0 Å². The molecule has 0 bridgehead atoms. The number of ketones is 2. The first-order valence-electron chi connectivity index (χ1n) is 8.10. The molecule has 0 fully saturated rings. The van der Waals surface area contributed by atoms with E-state index in [-0.39, 0.29) is 24.4 Å². The Labute approximate surface area is 151 Å². The monoisotopic (exact) mass is 353 g/mol. The first kappa shape index (κ1) is 19.1. The van der Waals surface area contributed by atoms with Gasteiger partial charge in [-0.2, -0.15) is 0 Å². The molecule has 2 aromatic rings. The van der Waals surface area contributed by atoms with Crippen molar-refractivity contribution in [3.63, 3.8) is 0 Å². The van der Waals surface area contributed by atoms with Gasteiger partial charge in [0.2, 0.25) is 0 Å². The molecule has 0 heterocycles. The zero-order chi connectivity index (χ0) is 18.9. The van der Waals surface area contributed by atoms with Crippen LogP contribution in [0.2, 0.25) is 0 Å². The highest BCUT2D eigenvalue weighted by atomic mass is 16.5. The van der Waals surface area contributed by atoms with E-state index in [4.69, 9.17) is 4.74 Å². The van der Waals surface area contributed by atoms with Gasteiger partial charge in [0.25, 0.3) is 5.91 Å². The summed E-state index contributed by atoms with van der Waals surface area (Å²) in [4.78, 5) is 46.7. The molecule has 2 aromatic carbocycles. The molecule has 0 radical (unpaired) electrons. The highest BCUT2D eigenvalue weighted by Gasteiger charge is 2.12. The highest BCUT2D eigenvalue weighted by molar-refractivity contribution is 5.98. The van der Waals surface area contributed by atoms with Gasteiger partial charge in [0.05, 0.1) is 6.42 Å². The molecule has 0 aliphatic rings. The molecule has 1 amide bonds. The van der Waals surface area contributed by atoms with E-state index in [1.807, 2.05) is 0 Å². The maximum Gasteiger partial charge on any atom is 0.306 e. The number of hydrogen-bond acceptors (Lipinski definition) is 5. The molecule has 0 saturated heterocycles. The minimum atomic E-state index is -0.623. The quantitative estimate of drug-likeness (QED) is 0.582. The number of carbonyl (C=O) groups excluding carboxylic acids is 4. The molecule has 0 saturated carbocycles. The summed E-state index contributed by atoms with van der Waals surface area (Å²) in [7, 11) is 0. The van der Waals surface area contributed by atoms with Gasteiger partial charge in [0.1, 0.15) is 0 Å². The summed E-state index contributed by atoms with van der Waals surface area (Å²) in [5, 5.41) is 2.55. The third-order valence-corrected chi connectivity index (χ3v) is 3.57. The molecule has 2 rings (SSSR count). The maximum atomic E-state index is 11.9. The average Bonchev–Trinajstić information content (AvgIpc) is 2.65. The lowest BCUT2D eigenvalue weighted by Crippen LogP contribution is -2.21. The van der Waals surface area contributed by atoms with Gasteiger partial charge in [-0.15, -0.1) is 0 Å². The van der Waals surface area contributed by atoms with Crippen LogP contribution < -0.4 is 5.32 Å². The molecule has 0 spiro atoms. The van der Waals surface area contributed by atoms with Gasteiger partial charge in [0.15, 0.2) is 18.2 Å². The van der Waals surface area contributed by atoms with E-state index in [1.54, 1.807) is 54.6 Å². The summed E-state index contributed by atoms with van der Waals surface area (Å²) >= 11 is 0. The lowest BCUT2D eigenvalue weighted by Gasteiger charge is -2.07. The van der Waals surface area contributed by atoms with E-state index in [1.165, 1.54) is 6.92 Å². The Bertz CT molecular complexity index is 814. The number of ether oxygens (including phenoxy) is 1. The molecular weight excluding hydrogens is 334 g/mol. The number of rotatable bonds is 8. The van der Waals surface area contributed by atoms with E-state index in [9.17, 15) is 19.2 Å². The summed E-state index contributed by atoms with van der Waals surface area (Å²) in [5.41, 5.74) is 1.45. The second-order valence-electron chi connectivity index (χ2n) is 5.64. The Kier molecular flexibility index (Phi) is 6.79. The van der Waals surface area contributed by atoms with Crippen LogP contribution in [0.4, 0.5) is 5.69 Å². The smallest absolute Gasteiger partial charge is 0.306 e. The number of nitrogens with one attached hydrogen (secondary N) is 1. The van der Waals surface area contributed by atoms with Crippen LogP contribution in [-0.4, -0.2) is 30.0 Å². The fraction of sp³-hybridized carbons (Fsp3) is 0.200. The number of amides is 1. The summed E-state index contributed by atoms with van der Waals surface area (Å²) in [5.74, 6) is -1.42. The Morgan fingerprint density at radius 1 is 0.885 bits per heavy atom. The van der Waals surface area contributed by atoms with Crippen molar-refractivity contribution in [3.8, 4) is 0 Å². The van der Waals surface area contributed by atoms with Crippen LogP contribution in [0.15, 0.2) is 54.6 Å². The van der Waals surface area contributed by atoms with Crippen LogP contribution in [0.1, 0.15) is 40.5 Å². The molecule has 1 N–H and O–H groups in total. The van der Waals surface area contributed by atoms with Gasteiger partial charge in [-0.25, -0.2) is 0 Å². The molecule has 0 aliphatic heterocycles. The van der Waals surface area contributed by atoms with Crippen molar-refractivity contribution < 1.29 is 23.9 Å². The first-order chi connectivity index (χ1) is 12.5. The van der Waals surface area contributed by atoms with Crippen LogP contribution in [0.25, 0.3) is 0 Å². The summed E-state index contributed by atoms with van der Waals surface area (Å²) in [6.45, 7) is 0.974. The molecule has 0 unspecified atom stereocenters. The van der Waals surface area contributed by atoms with Gasteiger partial charge in [-0.05, 0) is 19.1 Å². The van der Waals surface area contributed by atoms with Crippen molar-refractivity contribution in [3.05, 3.63) is 65.7 Å². The summed E-state index contributed by atoms with van der Waals surface area (Å²) < 4.78 is 4.87. The van der Waals surface area contributed by atoms with Crippen molar-refractivity contribution >= 4 is 29.1 Å². The fourth-order valence-corrected chi connectivity index (χ4v) is 2.22. The second kappa shape index (κ2) is 9.27. The number of hydrogen-bond donors (Lipinski definition) is 1. The molecule has 6 heteroatoms. The van der Waals surface area contributed by atoms with Crippen LogP contribution in [0, 0.1) is 0 Å². The topological polar surface area (TPSA) is 89.5 Å². The number of benzene rings is 2. The Hall–Kier alpha value is -3.28. The first-order valence-corrected chi connectivity index (χ1v) is 8.10. The van der Waals surface area contributed by atoms with Gasteiger partial charge in [0, 0.05) is 23.2 Å². The van der Waals surface area contributed by atoms with Gasteiger partial charge in [-0.1, -0.05) is 42.5 Å². The third kappa shape index (κ3) is 5.98. The lowest BCUT2D eigenvalue weighted by molar-refractivity contribution is -0.147. The molecule has 0 atom stereocenters. The predicted molar refractivity (Wildman–Crippen MR) is 96.0 cm³/mol. The fourth-order valence-electron chi connectivity index (χ4n) is 2.22. The van der Waals surface area contributed by atoms with E-state index in [0.717, 1.165) is 0 Å². The SMILES string of the molecule is CC(=O)c1cccc(NC(=O)COC(=O)CCC(=O)c2ccccc2)c1. The number of carbonyl (C=O) groups is 4. The van der Waals surface area contributed by atoms with E-state index in [2.05, 4.69) is 5.32 Å². The Morgan fingerprint density at radius 3 is 2.27 bits per heavy atom. The highest BCUT2D eigenvalue weighted by Crippen LogP contribution is 2.11. The summed E-state index contributed by atoms with van der Waals surface area (Å²) in [6.07, 6.45) is -0.0774. The van der Waals surface area contributed by atoms with Crippen molar-refractivity contribution in [1.82, 2.24) is 0 Å². The molecule has 134 valence electrons. The molecular formula is C20H19NO5. The Morgan fingerprint density at radius 2 is 1.58 bits per heavy atom. The van der Waals surface area contributed by atoms with Gasteiger partial charge < -0.3 is 10.1 Å².